The highest BCUT2D eigenvalue weighted by atomic mass is 14.6. The molecular formula is C26H25N. The fraction of sp³-hybridized carbons (Fsp3) is 0.154. The predicted molar refractivity (Wildman–Crippen MR) is 116 cm³/mol. The smallest absolute Gasteiger partial charge is 0.0208 e. The van der Waals surface area contributed by atoms with E-state index in [1.165, 1.54) is 22.3 Å². The van der Waals surface area contributed by atoms with Gasteiger partial charge in [-0.3, -0.25) is 0 Å². The SMILES string of the molecule is C=C1/C=C\C2=C(c3ccccc3)C=CC(C2)/C(N)=C\C=C/1C1C=CC=CC1. The molecule has 3 aliphatic carbocycles. The van der Waals surface area contributed by atoms with Gasteiger partial charge in [-0.2, -0.15) is 0 Å². The maximum atomic E-state index is 6.45. The van der Waals surface area contributed by atoms with Crippen LogP contribution in [-0.2, 0) is 0 Å². The summed E-state index contributed by atoms with van der Waals surface area (Å²) in [7, 11) is 0. The van der Waals surface area contributed by atoms with E-state index in [-0.39, 0.29) is 5.92 Å². The van der Waals surface area contributed by atoms with Crippen molar-refractivity contribution in [1.82, 2.24) is 0 Å². The van der Waals surface area contributed by atoms with Crippen LogP contribution in [0, 0.1) is 11.8 Å². The lowest BCUT2D eigenvalue weighted by Gasteiger charge is -2.24. The quantitative estimate of drug-likeness (QED) is 0.690. The van der Waals surface area contributed by atoms with E-state index in [4.69, 9.17) is 5.73 Å². The monoisotopic (exact) mass is 351 g/mol. The Morgan fingerprint density at radius 2 is 1.74 bits per heavy atom. The molecule has 1 aromatic rings. The van der Waals surface area contributed by atoms with Crippen LogP contribution < -0.4 is 5.73 Å². The minimum Gasteiger partial charge on any atom is -0.402 e. The van der Waals surface area contributed by atoms with Crippen molar-refractivity contribution >= 4 is 5.57 Å². The molecule has 0 spiro atoms. The average Bonchev–Trinajstić information content (AvgIpc) is 2.73. The number of fused-ring (bicyclic) bond motifs is 2. The standard InChI is InChI=1S/C26H25N/c1-19-12-13-22-18-23(14-15-25(22)21-10-6-3-7-11-21)26(27)17-16-24(19)20-8-4-2-5-9-20/h2-8,10-17,20,23H,1,9,18,27H2/b13-12-,24-16+,26-17+. The van der Waals surface area contributed by atoms with Gasteiger partial charge < -0.3 is 5.73 Å². The zero-order valence-corrected chi connectivity index (χ0v) is 15.5. The molecule has 0 radical (unpaired) electrons. The summed E-state index contributed by atoms with van der Waals surface area (Å²) < 4.78 is 0. The lowest BCUT2D eigenvalue weighted by atomic mass is 9.82. The summed E-state index contributed by atoms with van der Waals surface area (Å²) >= 11 is 0. The number of hydrogen-bond donors (Lipinski definition) is 1. The molecule has 134 valence electrons. The number of allylic oxidation sites excluding steroid dienone is 14. The van der Waals surface area contributed by atoms with E-state index in [1.54, 1.807) is 0 Å². The van der Waals surface area contributed by atoms with Gasteiger partial charge in [0, 0.05) is 17.5 Å². The predicted octanol–water partition coefficient (Wildman–Crippen LogP) is 6.04. The Balaban J connectivity index is 1.76. The van der Waals surface area contributed by atoms with Crippen LogP contribution in [0.1, 0.15) is 18.4 Å². The van der Waals surface area contributed by atoms with Crippen LogP contribution in [0.25, 0.3) is 5.57 Å². The Bertz CT molecular complexity index is 945. The number of hydrogen-bond acceptors (Lipinski definition) is 1. The minimum absolute atomic E-state index is 0.239. The Labute approximate surface area is 162 Å². The van der Waals surface area contributed by atoms with Crippen LogP contribution in [0.3, 0.4) is 0 Å². The van der Waals surface area contributed by atoms with Crippen molar-refractivity contribution in [3.63, 3.8) is 0 Å². The van der Waals surface area contributed by atoms with Crippen molar-refractivity contribution in [3.8, 4) is 0 Å². The van der Waals surface area contributed by atoms with Gasteiger partial charge in [-0.1, -0.05) is 91.6 Å². The van der Waals surface area contributed by atoms with E-state index < -0.39 is 0 Å². The largest absolute Gasteiger partial charge is 0.402 e. The van der Waals surface area contributed by atoms with Crippen molar-refractivity contribution in [2.45, 2.75) is 12.8 Å². The van der Waals surface area contributed by atoms with Crippen LogP contribution in [0.15, 0.2) is 120 Å². The first-order valence-corrected chi connectivity index (χ1v) is 9.57. The summed E-state index contributed by atoms with van der Waals surface area (Å²) in [6, 6.07) is 10.6. The second-order valence-electron chi connectivity index (χ2n) is 7.28. The van der Waals surface area contributed by atoms with Gasteiger partial charge in [0.25, 0.3) is 0 Å². The maximum absolute atomic E-state index is 6.45. The van der Waals surface area contributed by atoms with Crippen LogP contribution in [0.5, 0.6) is 0 Å². The van der Waals surface area contributed by atoms with Crippen LogP contribution in [0.2, 0.25) is 0 Å². The molecule has 0 fully saturated rings. The highest BCUT2D eigenvalue weighted by Crippen LogP contribution is 2.35. The molecule has 2 bridgehead atoms. The van der Waals surface area contributed by atoms with Gasteiger partial charge in [0.2, 0.25) is 0 Å². The summed E-state index contributed by atoms with van der Waals surface area (Å²) in [5.74, 6) is 0.594. The molecule has 2 atom stereocenters. The van der Waals surface area contributed by atoms with Crippen molar-refractivity contribution in [3.05, 3.63) is 126 Å². The Morgan fingerprint density at radius 1 is 0.889 bits per heavy atom. The average molecular weight is 351 g/mol. The zero-order chi connectivity index (χ0) is 18.6. The van der Waals surface area contributed by atoms with Crippen molar-refractivity contribution < 1.29 is 0 Å². The van der Waals surface area contributed by atoms with E-state index in [1.807, 2.05) is 0 Å². The Hall–Kier alpha value is -3.06. The van der Waals surface area contributed by atoms with Gasteiger partial charge in [0.15, 0.2) is 0 Å². The van der Waals surface area contributed by atoms with E-state index in [0.29, 0.717) is 5.92 Å². The molecule has 27 heavy (non-hydrogen) atoms. The first-order valence-electron chi connectivity index (χ1n) is 9.57. The van der Waals surface area contributed by atoms with Crippen LogP contribution in [-0.4, -0.2) is 0 Å². The van der Waals surface area contributed by atoms with E-state index in [9.17, 15) is 0 Å². The van der Waals surface area contributed by atoms with Gasteiger partial charge in [0.05, 0.1) is 0 Å². The number of benzene rings is 1. The molecule has 2 unspecified atom stereocenters. The van der Waals surface area contributed by atoms with Gasteiger partial charge >= 0.3 is 0 Å². The van der Waals surface area contributed by atoms with E-state index >= 15 is 0 Å². The Morgan fingerprint density at radius 3 is 2.52 bits per heavy atom. The third-order valence-electron chi connectivity index (χ3n) is 5.49. The summed E-state index contributed by atoms with van der Waals surface area (Å²) in [6.07, 6.45) is 23.7. The first kappa shape index (κ1) is 17.4. The number of rotatable bonds is 2. The fourth-order valence-corrected chi connectivity index (χ4v) is 3.91. The summed E-state index contributed by atoms with van der Waals surface area (Å²) in [6.45, 7) is 4.35. The molecule has 0 amide bonds. The molecular weight excluding hydrogens is 326 g/mol. The summed E-state index contributed by atoms with van der Waals surface area (Å²) in [4.78, 5) is 0. The number of nitrogens with two attached hydrogens (primary N) is 1. The highest BCUT2D eigenvalue weighted by Gasteiger charge is 2.20. The highest BCUT2D eigenvalue weighted by molar-refractivity contribution is 5.80. The molecule has 0 heterocycles. The molecule has 4 rings (SSSR count). The summed E-state index contributed by atoms with van der Waals surface area (Å²) in [5, 5.41) is 0. The molecule has 1 aromatic carbocycles. The van der Waals surface area contributed by atoms with E-state index in [0.717, 1.165) is 24.1 Å². The second-order valence-corrected chi connectivity index (χ2v) is 7.28. The van der Waals surface area contributed by atoms with Gasteiger partial charge in [0.1, 0.15) is 0 Å². The molecule has 3 aliphatic rings. The van der Waals surface area contributed by atoms with Crippen molar-refractivity contribution in [1.29, 1.82) is 0 Å². The minimum atomic E-state index is 0.239. The van der Waals surface area contributed by atoms with Crippen molar-refractivity contribution in [2.75, 3.05) is 0 Å². The van der Waals surface area contributed by atoms with Gasteiger partial charge in [-0.25, -0.2) is 0 Å². The third kappa shape index (κ3) is 3.73. The topological polar surface area (TPSA) is 26.0 Å². The molecule has 0 saturated carbocycles. The fourth-order valence-electron chi connectivity index (χ4n) is 3.91. The van der Waals surface area contributed by atoms with Crippen molar-refractivity contribution in [2.24, 2.45) is 17.6 Å². The molecule has 0 aromatic heterocycles. The maximum Gasteiger partial charge on any atom is 0.0208 e. The molecule has 0 saturated heterocycles. The third-order valence-corrected chi connectivity index (χ3v) is 5.49. The molecule has 2 N–H and O–H groups in total. The molecule has 1 nitrogen and oxygen atoms in total. The molecule has 1 heteroatoms. The van der Waals surface area contributed by atoms with E-state index in [2.05, 4.69) is 97.7 Å². The van der Waals surface area contributed by atoms with Crippen LogP contribution in [0.4, 0.5) is 0 Å². The summed E-state index contributed by atoms with van der Waals surface area (Å²) in [5.41, 5.74) is 13.5. The molecule has 0 aliphatic heterocycles. The normalized spacial score (nSPS) is 29.7. The van der Waals surface area contributed by atoms with Crippen LogP contribution >= 0.6 is 0 Å². The lowest BCUT2D eigenvalue weighted by Crippen LogP contribution is -2.14. The zero-order valence-electron chi connectivity index (χ0n) is 15.5. The Kier molecular flexibility index (Phi) is 4.93. The second kappa shape index (κ2) is 7.67. The van der Waals surface area contributed by atoms with Gasteiger partial charge in [-0.05, 0) is 46.8 Å². The lowest BCUT2D eigenvalue weighted by molar-refractivity contribution is 0.736. The van der Waals surface area contributed by atoms with Gasteiger partial charge in [-0.15, -0.1) is 0 Å². The first-order chi connectivity index (χ1) is 13.2.